The molecule has 0 amide bonds. The normalized spacial score (nSPS) is 13.7. The van der Waals surface area contributed by atoms with Crippen molar-refractivity contribution in [2.75, 3.05) is 0 Å². The molecule has 9 heteroatoms. The third kappa shape index (κ3) is 4.16. The first kappa shape index (κ1) is 19.8. The number of rotatable bonds is 4. The van der Waals surface area contributed by atoms with Crippen molar-refractivity contribution in [2.45, 2.75) is 24.6 Å². The summed E-state index contributed by atoms with van der Waals surface area (Å²) in [4.78, 5) is 11.7. The number of carbonyl (C=O) groups excluding carboxylic acids is 1. The van der Waals surface area contributed by atoms with Crippen molar-refractivity contribution in [1.82, 2.24) is 0 Å². The molecule has 140 valence electrons. The average molecular weight is 378 g/mol. The molecule has 0 saturated heterocycles. The SMILES string of the molecule is C=C(C(=O)OC(C(F)(F)F)C(F)(F)F)[C@H](O)c1cccc2ccccc12. The number of benzene rings is 2. The van der Waals surface area contributed by atoms with E-state index in [9.17, 15) is 36.2 Å². The highest BCUT2D eigenvalue weighted by Gasteiger charge is 2.60. The molecule has 2 aromatic rings. The molecule has 2 rings (SSSR count). The Kier molecular flexibility index (Phi) is 5.31. The van der Waals surface area contributed by atoms with E-state index in [1.165, 1.54) is 12.1 Å². The molecule has 0 aliphatic rings. The molecule has 0 aliphatic carbocycles. The quantitative estimate of drug-likeness (QED) is 0.485. The van der Waals surface area contributed by atoms with E-state index in [1.54, 1.807) is 30.3 Å². The van der Waals surface area contributed by atoms with Crippen LogP contribution in [0.15, 0.2) is 54.6 Å². The summed E-state index contributed by atoms with van der Waals surface area (Å²) in [5.74, 6) is -2.00. The zero-order valence-electron chi connectivity index (χ0n) is 12.9. The van der Waals surface area contributed by atoms with Gasteiger partial charge in [0.2, 0.25) is 0 Å². The van der Waals surface area contributed by atoms with Gasteiger partial charge in [0, 0.05) is 0 Å². The summed E-state index contributed by atoms with van der Waals surface area (Å²) in [5, 5.41) is 11.3. The van der Waals surface area contributed by atoms with Crippen molar-refractivity contribution in [2.24, 2.45) is 0 Å². The van der Waals surface area contributed by atoms with E-state index in [0.29, 0.717) is 10.8 Å². The smallest absolute Gasteiger partial charge is 0.434 e. The molecule has 0 unspecified atom stereocenters. The van der Waals surface area contributed by atoms with Gasteiger partial charge in [-0.25, -0.2) is 4.79 Å². The molecule has 0 aromatic heterocycles. The van der Waals surface area contributed by atoms with E-state index in [4.69, 9.17) is 0 Å². The van der Waals surface area contributed by atoms with Crippen LogP contribution in [-0.4, -0.2) is 29.5 Å². The van der Waals surface area contributed by atoms with Crippen LogP contribution in [0.1, 0.15) is 11.7 Å². The maximum Gasteiger partial charge on any atom is 0.434 e. The second-order valence-electron chi connectivity index (χ2n) is 5.36. The van der Waals surface area contributed by atoms with Gasteiger partial charge in [0.15, 0.2) is 0 Å². The number of fused-ring (bicyclic) bond motifs is 1. The number of aliphatic hydroxyl groups is 1. The fourth-order valence-corrected chi connectivity index (χ4v) is 2.29. The van der Waals surface area contributed by atoms with Crippen molar-refractivity contribution in [3.8, 4) is 0 Å². The highest BCUT2D eigenvalue weighted by atomic mass is 19.4. The van der Waals surface area contributed by atoms with Gasteiger partial charge in [-0.15, -0.1) is 0 Å². The van der Waals surface area contributed by atoms with Crippen LogP contribution >= 0.6 is 0 Å². The molecule has 26 heavy (non-hydrogen) atoms. The number of halogens is 6. The number of alkyl halides is 6. The fraction of sp³-hybridized carbons (Fsp3) is 0.235. The standard InChI is InChI=1S/C17H12F6O3/c1-9(14(25)26-15(16(18,19)20)17(21,22)23)13(24)12-8-4-6-10-5-2-3-7-11(10)12/h2-8,13,15,24H,1H2/t13-/m0/s1. The summed E-state index contributed by atoms with van der Waals surface area (Å²) < 4.78 is 78.4. The predicted molar refractivity (Wildman–Crippen MR) is 80.0 cm³/mol. The van der Waals surface area contributed by atoms with Crippen LogP contribution in [0.3, 0.4) is 0 Å². The van der Waals surface area contributed by atoms with Gasteiger partial charge in [0.25, 0.3) is 6.10 Å². The molecule has 0 fully saturated rings. The third-order valence-corrected chi connectivity index (χ3v) is 3.53. The number of hydrogen-bond donors (Lipinski definition) is 1. The van der Waals surface area contributed by atoms with Crippen LogP contribution in [0.25, 0.3) is 10.8 Å². The molecule has 2 aromatic carbocycles. The fourth-order valence-electron chi connectivity index (χ4n) is 2.29. The minimum Gasteiger partial charge on any atom is -0.439 e. The number of carbonyl (C=O) groups is 1. The maximum absolute atomic E-state index is 12.5. The molecule has 1 atom stereocenters. The van der Waals surface area contributed by atoms with E-state index in [2.05, 4.69) is 11.3 Å². The van der Waals surface area contributed by atoms with Crippen molar-refractivity contribution in [3.63, 3.8) is 0 Å². The van der Waals surface area contributed by atoms with Gasteiger partial charge in [0.1, 0.15) is 6.10 Å². The Morgan fingerprint density at radius 1 is 0.962 bits per heavy atom. The Balaban J connectivity index is 2.28. The Hall–Kier alpha value is -2.55. The lowest BCUT2D eigenvalue weighted by atomic mass is 9.96. The molecular weight excluding hydrogens is 366 g/mol. The average Bonchev–Trinajstić information content (AvgIpc) is 2.55. The molecule has 0 bridgehead atoms. The predicted octanol–water partition coefficient (Wildman–Crippen LogP) is 4.47. The topological polar surface area (TPSA) is 46.5 Å². The lowest BCUT2D eigenvalue weighted by molar-refractivity contribution is -0.312. The van der Waals surface area contributed by atoms with Gasteiger partial charge in [-0.3, -0.25) is 0 Å². The van der Waals surface area contributed by atoms with Gasteiger partial charge in [-0.1, -0.05) is 49.0 Å². The van der Waals surface area contributed by atoms with Gasteiger partial charge in [0.05, 0.1) is 5.57 Å². The summed E-state index contributed by atoms with van der Waals surface area (Å²) in [6, 6.07) is 11.1. The van der Waals surface area contributed by atoms with E-state index >= 15 is 0 Å². The number of esters is 1. The van der Waals surface area contributed by atoms with E-state index in [0.717, 1.165) is 0 Å². The van der Waals surface area contributed by atoms with Crippen LogP contribution in [0.4, 0.5) is 26.3 Å². The lowest BCUT2D eigenvalue weighted by Gasteiger charge is -2.24. The maximum atomic E-state index is 12.5. The summed E-state index contributed by atoms with van der Waals surface area (Å²) in [6.07, 6.45) is -17.8. The lowest BCUT2D eigenvalue weighted by Crippen LogP contribution is -2.45. The van der Waals surface area contributed by atoms with E-state index < -0.39 is 36.1 Å². The molecule has 0 spiro atoms. The van der Waals surface area contributed by atoms with Crippen LogP contribution in [0.2, 0.25) is 0 Å². The second-order valence-corrected chi connectivity index (χ2v) is 5.36. The van der Waals surface area contributed by atoms with Crippen LogP contribution in [-0.2, 0) is 9.53 Å². The highest BCUT2D eigenvalue weighted by molar-refractivity contribution is 5.92. The van der Waals surface area contributed by atoms with Crippen molar-refractivity contribution >= 4 is 16.7 Å². The van der Waals surface area contributed by atoms with Crippen LogP contribution in [0.5, 0.6) is 0 Å². The summed E-state index contributed by atoms with van der Waals surface area (Å²) >= 11 is 0. The van der Waals surface area contributed by atoms with E-state index in [-0.39, 0.29) is 5.56 Å². The largest absolute Gasteiger partial charge is 0.439 e. The Labute approximate surface area is 143 Å². The van der Waals surface area contributed by atoms with Crippen molar-refractivity contribution in [1.29, 1.82) is 0 Å². The zero-order chi connectivity index (χ0) is 19.7. The van der Waals surface area contributed by atoms with Crippen LogP contribution in [0, 0.1) is 0 Å². The first-order chi connectivity index (χ1) is 11.9. The molecule has 3 nitrogen and oxygen atoms in total. The van der Waals surface area contributed by atoms with Crippen molar-refractivity contribution < 1.29 is 41.0 Å². The van der Waals surface area contributed by atoms with Crippen molar-refractivity contribution in [3.05, 3.63) is 60.2 Å². The summed E-state index contributed by atoms with van der Waals surface area (Å²) in [5.41, 5.74) is -0.847. The minimum absolute atomic E-state index is 0.0978. The van der Waals surface area contributed by atoms with Gasteiger partial charge >= 0.3 is 18.3 Å². The number of aliphatic hydroxyl groups excluding tert-OH is 1. The van der Waals surface area contributed by atoms with Gasteiger partial charge in [-0.2, -0.15) is 26.3 Å². The minimum atomic E-state index is -5.85. The zero-order valence-corrected chi connectivity index (χ0v) is 12.9. The van der Waals surface area contributed by atoms with Gasteiger partial charge in [-0.05, 0) is 16.3 Å². The molecular formula is C17H12F6O3. The third-order valence-electron chi connectivity index (χ3n) is 3.53. The first-order valence-corrected chi connectivity index (χ1v) is 7.12. The molecule has 1 N–H and O–H groups in total. The first-order valence-electron chi connectivity index (χ1n) is 7.12. The highest BCUT2D eigenvalue weighted by Crippen LogP contribution is 2.37. The number of hydrogen-bond acceptors (Lipinski definition) is 3. The monoisotopic (exact) mass is 378 g/mol. The van der Waals surface area contributed by atoms with Crippen LogP contribution < -0.4 is 0 Å². The second kappa shape index (κ2) is 6.99. The number of ether oxygens (including phenoxy) is 1. The van der Waals surface area contributed by atoms with Gasteiger partial charge < -0.3 is 9.84 Å². The summed E-state index contributed by atoms with van der Waals surface area (Å²) in [7, 11) is 0. The Morgan fingerprint density at radius 3 is 2.08 bits per heavy atom. The Morgan fingerprint density at radius 2 is 1.50 bits per heavy atom. The van der Waals surface area contributed by atoms with E-state index in [1.807, 2.05) is 0 Å². The molecule has 0 aliphatic heterocycles. The summed E-state index contributed by atoms with van der Waals surface area (Å²) in [6.45, 7) is 3.10. The Bertz CT molecular complexity index is 806. The molecule has 0 radical (unpaired) electrons. The molecule has 0 saturated carbocycles. The molecule has 0 heterocycles.